The monoisotopic (exact) mass is 2060 g/mol. The first-order valence-electron chi connectivity index (χ1n) is 60.2. The lowest BCUT2D eigenvalue weighted by Gasteiger charge is -2.64. The summed E-state index contributed by atoms with van der Waals surface area (Å²) >= 11 is 0. The first-order chi connectivity index (χ1) is 71.3. The quantitative estimate of drug-likeness (QED) is 0.0848. The summed E-state index contributed by atoms with van der Waals surface area (Å²) in [5, 5.41) is 76.3. The van der Waals surface area contributed by atoms with Crippen molar-refractivity contribution >= 4 is 29.9 Å². The standard InChI is InChI=1S/C33H50N2O3.3C30H45N3O4/c1-31-17-14-25(35-30(37)34-21-22-6-4-3-5-7-22)20-24(31)10-13-29-28(31)15-18-32(2)27(16-19-33(29,32)38)23-8-11-26(36)12-9-23;1-28-11-8-22(31-27(35)33-16-14-32(3)15-17-33)18-21(28)5-6-25-24(28)9-12-29(2)23(10-13-30(25,29)36)20-4-7-26(34)37-19-20;1-28-11-8-22(32-27(35)33-16-3-14-31-15-17-33)18-21(28)5-6-25-24(28)9-12-29(2)23(10-13-30(25,29)36)20-4-7-26(34)37-19-20;1-28-12-7-22(33-27(35)32-21-10-15-31-16-11-21)17-20(28)4-5-25-24(28)8-13-29(2)23(9-14-30(25,29)36)19-3-6-26(34)37-18-19/h8-9,11,22,24-25,27-29,38H,3-7,10,12-21H2,1-2H3,(H2,34,35,37);4,7,19,21-25,36H,5-6,8-18H2,1-3H3,(H,31,35);4,7,19,21-25,31,36H,3,5-6,8-18H2,1-2H3,(H,32,35);3,6,18,20-25,31,36H,4-5,7-17H2,1-2H3,(H2,32,33,35)/t24-,25+,27-,28+,29-,31+,32-,33+;2*21-,22+,23-,24+,25-,28+,29-,30+;20-,22+,23-,24+,25-,28+,29-,30+/m1111/s1. The van der Waals surface area contributed by atoms with Gasteiger partial charge in [0.1, 0.15) is 0 Å². The van der Waals surface area contributed by atoms with Crippen molar-refractivity contribution < 1.29 is 57.7 Å². The van der Waals surface area contributed by atoms with Crippen LogP contribution < -0.4 is 59.4 Å². The van der Waals surface area contributed by atoms with Crippen molar-refractivity contribution in [3.05, 3.63) is 127 Å². The van der Waals surface area contributed by atoms with E-state index in [0.29, 0.717) is 89.3 Å². The second-order valence-electron chi connectivity index (χ2n) is 54.9. The van der Waals surface area contributed by atoms with Crippen LogP contribution in [-0.4, -0.2) is 197 Å². The smallest absolute Gasteiger partial charge is 0.335 e. The maximum atomic E-state index is 13.0. The SMILES string of the molecule is CN1CCN(C(=O)N[C@H]2CC[C@@]3(C)[C@H](CC[C@@H]4[C@@H]3CC[C@]3(C)[C@@H](c5ccc(=O)oc5)CC[C@]43O)C2)CC1.C[C@]12CC[C@H](NC(=O)N3CCCNCC3)C[C@H]1CC[C@@H]1[C@@H]2CC[C@]2(C)[C@@H](c3ccc(=O)oc3)CC[C@]12O.C[C@]12CC[C@H](NC(=O)NC3CCNCC3)C[C@H]1CC[C@@H]1[C@@H]2CC[C@]2(C)[C@@H](c3ccc(=O)oc3)CC[C@]12O.C[C@]12CC[C@H](NC(=O)NCC3CCCCC3)C[C@H]1CC[C@@H]1[C@@H]2CC[C@]2(C)[C@@H](C3=CCC(=O)C=C3)CC[C@]12O. The Morgan fingerprint density at radius 3 is 1.09 bits per heavy atom. The average Bonchev–Trinajstić information content (AvgIpc) is 1.59. The van der Waals surface area contributed by atoms with E-state index in [1.165, 1.54) is 68.7 Å². The number of likely N-dealkylation sites (N-methyl/N-ethyl adjacent to an activating group) is 1. The van der Waals surface area contributed by atoms with E-state index in [1.54, 1.807) is 24.9 Å². The minimum absolute atomic E-state index is 0.00526. The normalized spacial score (nSPS) is 44.1. The molecule has 3 aromatic heterocycles. The molecule has 12 N–H and O–H groups in total. The molecule has 822 valence electrons. The van der Waals surface area contributed by atoms with Gasteiger partial charge in [0.2, 0.25) is 0 Å². The van der Waals surface area contributed by atoms with Crippen molar-refractivity contribution in [1.29, 1.82) is 0 Å². The van der Waals surface area contributed by atoms with Gasteiger partial charge in [-0.3, -0.25) is 4.79 Å². The number of nitrogens with zero attached hydrogens (tertiary/aromatic N) is 3. The Morgan fingerprint density at radius 2 is 0.705 bits per heavy atom. The van der Waals surface area contributed by atoms with Crippen LogP contribution in [0, 0.1) is 126 Å². The Kier molecular flexibility index (Phi) is 30.5. The lowest BCUT2D eigenvalue weighted by Crippen LogP contribution is -2.62. The molecule has 20 fully saturated rings. The van der Waals surface area contributed by atoms with Gasteiger partial charge in [-0.05, 0) is 459 Å². The van der Waals surface area contributed by atoms with Crippen LogP contribution in [0.3, 0.4) is 0 Å². The zero-order valence-corrected chi connectivity index (χ0v) is 91.8. The Bertz CT molecular complexity index is 5480. The molecule has 0 spiro atoms. The fourth-order valence-electron chi connectivity index (χ4n) is 39.9. The fraction of sp³-hybridized carbons (Fsp3) is 0.805. The Morgan fingerprint density at radius 1 is 0.342 bits per heavy atom. The molecule has 21 aliphatic rings. The first-order valence-corrected chi connectivity index (χ1v) is 60.2. The van der Waals surface area contributed by atoms with Crippen LogP contribution in [0.15, 0.2) is 107 Å². The molecule has 26 nitrogen and oxygen atoms in total. The number of amides is 8. The second kappa shape index (κ2) is 42.4. The molecular weight excluding hydrogens is 1870 g/mol. The highest BCUT2D eigenvalue weighted by atomic mass is 16.4. The number of carbonyl (C=O) groups is 5. The van der Waals surface area contributed by atoms with Crippen LogP contribution in [0.5, 0.6) is 0 Å². The minimum Gasteiger partial charge on any atom is -0.431 e. The summed E-state index contributed by atoms with van der Waals surface area (Å²) in [4.78, 5) is 104. The predicted octanol–water partition coefficient (Wildman–Crippen LogP) is 19.2. The van der Waals surface area contributed by atoms with Gasteiger partial charge in [-0.15, -0.1) is 0 Å². The van der Waals surface area contributed by atoms with E-state index in [-0.39, 0.29) is 138 Å². The molecule has 24 rings (SSSR count). The number of aliphatic hydroxyl groups is 4. The van der Waals surface area contributed by atoms with E-state index in [2.05, 4.69) is 116 Å². The Labute approximate surface area is 886 Å². The second-order valence-corrected chi connectivity index (χ2v) is 54.9. The summed E-state index contributed by atoms with van der Waals surface area (Å²) in [7, 11) is 2.12. The van der Waals surface area contributed by atoms with Gasteiger partial charge in [-0.2, -0.15) is 0 Å². The van der Waals surface area contributed by atoms with Gasteiger partial charge in [-0.25, -0.2) is 33.6 Å². The molecule has 26 heteroatoms. The van der Waals surface area contributed by atoms with E-state index >= 15 is 0 Å². The van der Waals surface area contributed by atoms with Crippen molar-refractivity contribution in [3.8, 4) is 0 Å². The molecule has 3 aromatic rings. The third-order valence-corrected chi connectivity index (χ3v) is 48.9. The van der Waals surface area contributed by atoms with Crippen LogP contribution in [0.4, 0.5) is 19.2 Å². The summed E-state index contributed by atoms with van der Waals surface area (Å²) < 4.78 is 15.7. The van der Waals surface area contributed by atoms with E-state index in [0.717, 1.165) is 326 Å². The Hall–Kier alpha value is -7.20. The van der Waals surface area contributed by atoms with E-state index in [1.807, 2.05) is 34.1 Å². The number of allylic oxidation sites excluding steroid dienone is 4. The van der Waals surface area contributed by atoms with Crippen LogP contribution in [0.1, 0.15) is 379 Å². The lowest BCUT2D eigenvalue weighted by molar-refractivity contribution is -0.204. The highest BCUT2D eigenvalue weighted by Gasteiger charge is 2.73. The molecule has 0 bridgehead atoms. The van der Waals surface area contributed by atoms with Gasteiger partial charge in [0.25, 0.3) is 0 Å². The van der Waals surface area contributed by atoms with Gasteiger partial charge in [0, 0.05) is 129 Å². The molecule has 3 saturated heterocycles. The van der Waals surface area contributed by atoms with Crippen LogP contribution in [-0.2, 0) is 4.79 Å². The minimum atomic E-state index is -0.672. The van der Waals surface area contributed by atoms with Crippen molar-refractivity contribution in [1.82, 2.24) is 57.2 Å². The molecule has 0 unspecified atom stereocenters. The molecule has 0 radical (unpaired) electrons. The van der Waals surface area contributed by atoms with E-state index in [9.17, 15) is 58.8 Å². The van der Waals surface area contributed by atoms with Gasteiger partial charge in [-0.1, -0.05) is 86.8 Å². The summed E-state index contributed by atoms with van der Waals surface area (Å²) in [6, 6.07) is 11.9. The molecule has 8 amide bonds. The fourth-order valence-corrected chi connectivity index (χ4v) is 39.9. The zero-order valence-electron chi connectivity index (χ0n) is 91.8. The predicted molar refractivity (Wildman–Crippen MR) is 577 cm³/mol. The molecule has 18 aliphatic carbocycles. The molecule has 149 heavy (non-hydrogen) atoms. The third-order valence-electron chi connectivity index (χ3n) is 48.9. The number of carbonyl (C=O) groups excluding carboxylic acids is 5. The molecule has 17 saturated carbocycles. The molecular formula is C123H185N11O15. The van der Waals surface area contributed by atoms with Crippen LogP contribution in [0.25, 0.3) is 0 Å². The molecule has 0 aromatic carbocycles. The number of piperazine rings is 1. The third kappa shape index (κ3) is 19.5. The van der Waals surface area contributed by atoms with E-state index in [4.69, 9.17) is 13.3 Å². The van der Waals surface area contributed by atoms with Crippen molar-refractivity contribution in [2.75, 3.05) is 79.0 Å². The van der Waals surface area contributed by atoms with Gasteiger partial charge in [0.05, 0.1) is 41.2 Å². The summed E-state index contributed by atoms with van der Waals surface area (Å²) in [6.07, 6.45) is 58.7. The van der Waals surface area contributed by atoms with Gasteiger partial charge in [0.15, 0.2) is 5.78 Å². The summed E-state index contributed by atoms with van der Waals surface area (Å²) in [6.45, 7) is 29.0. The van der Waals surface area contributed by atoms with Crippen molar-refractivity contribution in [3.63, 3.8) is 0 Å². The number of hydrogen-bond acceptors (Lipinski definition) is 18. The maximum absolute atomic E-state index is 13.0. The number of rotatable bonds is 11. The van der Waals surface area contributed by atoms with Gasteiger partial charge < -0.3 is 90.9 Å². The van der Waals surface area contributed by atoms with Crippen LogP contribution in [0.2, 0.25) is 0 Å². The molecule has 3 aliphatic heterocycles. The van der Waals surface area contributed by atoms with Crippen LogP contribution >= 0.6 is 0 Å². The zero-order chi connectivity index (χ0) is 104. The topological polar surface area (TPSA) is 363 Å². The number of hydrogen-bond donors (Lipinski definition) is 12. The highest BCUT2D eigenvalue weighted by Crippen LogP contribution is 2.76. The number of urea groups is 4. The summed E-state index contributed by atoms with van der Waals surface area (Å²) in [5.41, 5.74) is 1.17. The highest BCUT2D eigenvalue weighted by molar-refractivity contribution is 5.92. The number of nitrogens with one attached hydrogen (secondary N) is 8. The number of fused-ring (bicyclic) bond motifs is 20. The maximum Gasteiger partial charge on any atom is 0.335 e. The number of ketones is 1. The molecule has 6 heterocycles. The largest absolute Gasteiger partial charge is 0.431 e. The summed E-state index contributed by atoms with van der Waals surface area (Å²) in [5.74, 6) is 7.82. The Balaban J connectivity index is 0.000000116. The first kappa shape index (κ1) is 107. The number of piperidine rings is 1. The van der Waals surface area contributed by atoms with Crippen molar-refractivity contribution in [2.24, 2.45) is 126 Å². The lowest BCUT2D eigenvalue weighted by atomic mass is 9.43. The van der Waals surface area contributed by atoms with Crippen molar-refractivity contribution in [2.45, 2.75) is 415 Å². The van der Waals surface area contributed by atoms with E-state index < -0.39 is 22.4 Å². The van der Waals surface area contributed by atoms with Gasteiger partial charge >= 0.3 is 41.0 Å². The average molecular weight is 2060 g/mol. The molecule has 32 atom stereocenters.